The van der Waals surface area contributed by atoms with Crippen LogP contribution in [0.1, 0.15) is 16.7 Å². The Labute approximate surface area is 264 Å². The van der Waals surface area contributed by atoms with E-state index in [1.54, 1.807) is 66.7 Å². The zero-order valence-electron chi connectivity index (χ0n) is 21.6. The summed E-state index contributed by atoms with van der Waals surface area (Å²) in [4.78, 5) is 39.9. The minimum absolute atomic E-state index is 0.157. The minimum atomic E-state index is -0.864. The number of hydrogen-bond acceptors (Lipinski definition) is 5. The standard InChI is InChI=1S/C31H20BrCl3N2O5/c32-21-6-12-28(42-16-18-5-11-26(34)27(35)13-18)20(14-21)15-24-29(38)36-31(40)37(30(24)39)22-7-9-23(10-8-22)41-17-19-3-1-2-4-25(19)33/h1-15H,16-17H2,(H,36,38,40)/b24-15+. The van der Waals surface area contributed by atoms with E-state index in [0.717, 1.165) is 16.0 Å². The summed E-state index contributed by atoms with van der Waals surface area (Å²) in [6.45, 7) is 0.399. The van der Waals surface area contributed by atoms with Crippen LogP contribution < -0.4 is 19.7 Å². The van der Waals surface area contributed by atoms with Crippen molar-refractivity contribution in [3.8, 4) is 11.5 Å². The number of rotatable bonds is 8. The molecule has 4 aromatic carbocycles. The summed E-state index contributed by atoms with van der Waals surface area (Å²) < 4.78 is 12.5. The number of hydrogen-bond donors (Lipinski definition) is 1. The molecule has 1 fully saturated rings. The Morgan fingerprint density at radius 1 is 0.786 bits per heavy atom. The van der Waals surface area contributed by atoms with E-state index in [4.69, 9.17) is 44.3 Å². The third-order valence-corrected chi connectivity index (χ3v) is 7.80. The third-order valence-electron chi connectivity index (χ3n) is 6.20. The van der Waals surface area contributed by atoms with Crippen molar-refractivity contribution in [2.45, 2.75) is 13.2 Å². The van der Waals surface area contributed by atoms with Crippen molar-refractivity contribution >= 4 is 80.3 Å². The largest absolute Gasteiger partial charge is 0.489 e. The number of amides is 4. The summed E-state index contributed by atoms with van der Waals surface area (Å²) in [5, 5.41) is 3.64. The van der Waals surface area contributed by atoms with Gasteiger partial charge in [0.05, 0.1) is 15.7 Å². The van der Waals surface area contributed by atoms with E-state index < -0.39 is 17.8 Å². The molecule has 1 aliphatic heterocycles. The van der Waals surface area contributed by atoms with E-state index in [1.807, 2.05) is 18.2 Å². The Kier molecular flexibility index (Phi) is 9.18. The van der Waals surface area contributed by atoms with Gasteiger partial charge in [0.2, 0.25) is 0 Å². The molecule has 212 valence electrons. The van der Waals surface area contributed by atoms with Crippen LogP contribution in [0.4, 0.5) is 10.5 Å². The second kappa shape index (κ2) is 13.0. The molecule has 11 heteroatoms. The van der Waals surface area contributed by atoms with E-state index in [0.29, 0.717) is 36.6 Å². The van der Waals surface area contributed by atoms with Gasteiger partial charge in [-0.25, -0.2) is 9.69 Å². The van der Waals surface area contributed by atoms with E-state index in [2.05, 4.69) is 21.2 Å². The van der Waals surface area contributed by atoms with Crippen molar-refractivity contribution in [2.75, 3.05) is 4.90 Å². The average Bonchev–Trinajstić information content (AvgIpc) is 2.96. The van der Waals surface area contributed by atoms with Crippen LogP contribution in [0.3, 0.4) is 0 Å². The monoisotopic (exact) mass is 684 g/mol. The summed E-state index contributed by atoms with van der Waals surface area (Å²) in [7, 11) is 0. The van der Waals surface area contributed by atoms with Gasteiger partial charge in [-0.15, -0.1) is 0 Å². The average molecular weight is 687 g/mol. The molecule has 4 amide bonds. The molecule has 4 aromatic rings. The first kappa shape index (κ1) is 29.7. The van der Waals surface area contributed by atoms with Gasteiger partial charge >= 0.3 is 6.03 Å². The van der Waals surface area contributed by atoms with E-state index in [-0.39, 0.29) is 24.5 Å². The molecule has 0 saturated carbocycles. The number of anilines is 1. The lowest BCUT2D eigenvalue weighted by molar-refractivity contribution is -0.122. The summed E-state index contributed by atoms with van der Waals surface area (Å²) in [5.41, 5.74) is 2.04. The maximum atomic E-state index is 13.5. The number of imide groups is 2. The van der Waals surface area contributed by atoms with Crippen molar-refractivity contribution in [2.24, 2.45) is 0 Å². The van der Waals surface area contributed by atoms with Crippen molar-refractivity contribution < 1.29 is 23.9 Å². The molecule has 0 aliphatic carbocycles. The molecule has 1 N–H and O–H groups in total. The number of carbonyl (C=O) groups excluding carboxylic acids is 3. The molecule has 0 spiro atoms. The van der Waals surface area contributed by atoms with Crippen LogP contribution in [-0.2, 0) is 22.8 Å². The molecular formula is C31H20BrCl3N2O5. The molecule has 0 bridgehead atoms. The van der Waals surface area contributed by atoms with Gasteiger partial charge in [0, 0.05) is 20.6 Å². The highest BCUT2D eigenvalue weighted by molar-refractivity contribution is 9.10. The molecule has 1 aliphatic rings. The van der Waals surface area contributed by atoms with Crippen LogP contribution >= 0.6 is 50.7 Å². The lowest BCUT2D eigenvalue weighted by Gasteiger charge is -2.26. The Balaban J connectivity index is 1.36. The van der Waals surface area contributed by atoms with Gasteiger partial charge in [0.25, 0.3) is 11.8 Å². The van der Waals surface area contributed by atoms with Crippen LogP contribution in [0, 0.1) is 0 Å². The van der Waals surface area contributed by atoms with Gasteiger partial charge < -0.3 is 9.47 Å². The second-order valence-corrected chi connectivity index (χ2v) is 11.2. The van der Waals surface area contributed by atoms with Crippen LogP contribution in [0.25, 0.3) is 6.08 Å². The Bertz CT molecular complexity index is 1730. The summed E-state index contributed by atoms with van der Waals surface area (Å²) in [6.07, 6.45) is 1.38. The Hall–Kier alpha value is -3.82. The van der Waals surface area contributed by atoms with Crippen LogP contribution in [-0.4, -0.2) is 17.8 Å². The lowest BCUT2D eigenvalue weighted by Crippen LogP contribution is -2.54. The van der Waals surface area contributed by atoms with Crippen LogP contribution in [0.15, 0.2) is 95.0 Å². The molecule has 0 atom stereocenters. The predicted molar refractivity (Wildman–Crippen MR) is 166 cm³/mol. The number of halogens is 4. The smallest absolute Gasteiger partial charge is 0.335 e. The molecule has 7 nitrogen and oxygen atoms in total. The van der Waals surface area contributed by atoms with Crippen LogP contribution in [0.5, 0.6) is 11.5 Å². The number of nitrogens with one attached hydrogen (secondary N) is 1. The number of barbiturate groups is 1. The fourth-order valence-electron chi connectivity index (χ4n) is 4.07. The maximum Gasteiger partial charge on any atom is 0.335 e. The Morgan fingerprint density at radius 3 is 2.29 bits per heavy atom. The molecule has 0 aromatic heterocycles. The molecule has 1 heterocycles. The van der Waals surface area contributed by atoms with E-state index in [9.17, 15) is 14.4 Å². The highest BCUT2D eigenvalue weighted by Crippen LogP contribution is 2.30. The molecular weight excluding hydrogens is 667 g/mol. The van der Waals surface area contributed by atoms with Gasteiger partial charge in [-0.1, -0.05) is 75.0 Å². The maximum absolute atomic E-state index is 13.5. The molecule has 0 radical (unpaired) electrons. The number of benzene rings is 4. The van der Waals surface area contributed by atoms with Gasteiger partial charge in [0.15, 0.2) is 0 Å². The van der Waals surface area contributed by atoms with Crippen LogP contribution in [0.2, 0.25) is 15.1 Å². The minimum Gasteiger partial charge on any atom is -0.489 e. The van der Waals surface area contributed by atoms with E-state index in [1.165, 1.54) is 6.08 Å². The van der Waals surface area contributed by atoms with Gasteiger partial charge in [-0.2, -0.15) is 0 Å². The SMILES string of the molecule is O=C1NC(=O)N(c2ccc(OCc3ccccc3Cl)cc2)C(=O)/C1=C/c1cc(Br)ccc1OCc1ccc(Cl)c(Cl)c1. The van der Waals surface area contributed by atoms with E-state index >= 15 is 0 Å². The van der Waals surface area contributed by atoms with Gasteiger partial charge in [0.1, 0.15) is 30.3 Å². The highest BCUT2D eigenvalue weighted by atomic mass is 79.9. The fraction of sp³-hybridized carbons (Fsp3) is 0.0645. The third kappa shape index (κ3) is 6.79. The fourth-order valence-corrected chi connectivity index (χ4v) is 4.96. The lowest BCUT2D eigenvalue weighted by atomic mass is 10.1. The van der Waals surface area contributed by atoms with Crippen molar-refractivity contribution in [1.82, 2.24) is 5.32 Å². The van der Waals surface area contributed by atoms with Crippen molar-refractivity contribution in [3.63, 3.8) is 0 Å². The highest BCUT2D eigenvalue weighted by Gasteiger charge is 2.37. The Morgan fingerprint density at radius 2 is 1.55 bits per heavy atom. The molecule has 1 saturated heterocycles. The van der Waals surface area contributed by atoms with Crippen molar-refractivity contribution in [1.29, 1.82) is 0 Å². The zero-order valence-corrected chi connectivity index (χ0v) is 25.4. The number of carbonyl (C=O) groups is 3. The van der Waals surface area contributed by atoms with Gasteiger partial charge in [-0.3, -0.25) is 14.9 Å². The number of ether oxygens (including phenoxy) is 2. The molecule has 42 heavy (non-hydrogen) atoms. The van der Waals surface area contributed by atoms with Gasteiger partial charge in [-0.05, 0) is 72.3 Å². The van der Waals surface area contributed by atoms with Crippen molar-refractivity contribution in [3.05, 3.63) is 127 Å². The summed E-state index contributed by atoms with van der Waals surface area (Å²) >= 11 is 21.7. The summed E-state index contributed by atoms with van der Waals surface area (Å²) in [5.74, 6) is -0.700. The number of nitrogens with zero attached hydrogens (tertiary/aromatic N) is 1. The first-order valence-electron chi connectivity index (χ1n) is 12.4. The topological polar surface area (TPSA) is 84.9 Å². The second-order valence-electron chi connectivity index (χ2n) is 9.05. The quantitative estimate of drug-likeness (QED) is 0.149. The predicted octanol–water partition coefficient (Wildman–Crippen LogP) is 8.23. The molecule has 5 rings (SSSR count). The normalized spacial score (nSPS) is 14.2. The first-order valence-corrected chi connectivity index (χ1v) is 14.4. The molecule has 0 unspecified atom stereocenters. The first-order chi connectivity index (χ1) is 20.2. The zero-order chi connectivity index (χ0) is 29.8. The number of urea groups is 1. The summed E-state index contributed by atoms with van der Waals surface area (Å²) in [6, 6.07) is 23.1.